The Morgan fingerprint density at radius 1 is 1.05 bits per heavy atom. The third-order valence-electron chi connectivity index (χ3n) is 4.56. The first kappa shape index (κ1) is 28.7. The second-order valence-corrected chi connectivity index (χ2v) is 10.9. The van der Waals surface area contributed by atoms with Crippen LogP contribution in [-0.2, 0) is 10.1 Å². The molecule has 194 valence electrons. The molecule has 3 aromatic rings. The van der Waals surface area contributed by atoms with E-state index in [4.69, 9.17) is 25.3 Å². The number of ether oxygens (including phenoxy) is 2. The van der Waals surface area contributed by atoms with Crippen molar-refractivity contribution in [3.05, 3.63) is 92.3 Å². The quantitative estimate of drug-likeness (QED) is 0.110. The smallest absolute Gasteiger partial charge is 0.339 e. The fourth-order valence-corrected chi connectivity index (χ4v) is 5.60. The number of hydrogen-bond donors (Lipinski definition) is 1. The molecule has 0 fully saturated rings. The van der Waals surface area contributed by atoms with E-state index in [9.17, 15) is 13.2 Å². The van der Waals surface area contributed by atoms with Crippen molar-refractivity contribution in [3.63, 3.8) is 0 Å². The Morgan fingerprint density at radius 2 is 1.73 bits per heavy atom. The molecule has 0 aliphatic heterocycles. The first-order valence-corrected chi connectivity index (χ1v) is 14.0. The van der Waals surface area contributed by atoms with E-state index in [0.29, 0.717) is 49.8 Å². The lowest BCUT2D eigenvalue weighted by atomic mass is 10.2. The molecule has 0 saturated carbocycles. The molecule has 0 spiro atoms. The van der Waals surface area contributed by atoms with Crippen LogP contribution < -0.4 is 19.1 Å². The van der Waals surface area contributed by atoms with Gasteiger partial charge in [-0.3, -0.25) is 4.79 Å². The van der Waals surface area contributed by atoms with Gasteiger partial charge in [0.25, 0.3) is 5.91 Å². The first-order chi connectivity index (χ1) is 17.6. The topological polar surface area (TPSA) is 103 Å². The van der Waals surface area contributed by atoms with Gasteiger partial charge in [0.2, 0.25) is 0 Å². The van der Waals surface area contributed by atoms with Crippen LogP contribution in [0.1, 0.15) is 22.8 Å². The third kappa shape index (κ3) is 7.81. The summed E-state index contributed by atoms with van der Waals surface area (Å²) >= 11 is 12.5. The Hall–Kier alpha value is -2.86. The van der Waals surface area contributed by atoms with Crippen molar-refractivity contribution in [2.24, 2.45) is 5.10 Å². The summed E-state index contributed by atoms with van der Waals surface area (Å²) in [6.45, 7) is 6.14. The molecular weight excluding hydrogens is 652 g/mol. The SMILES string of the molecule is C=CCOc1ccc(C(=O)N/N=C/c2cc(Br)c(OS(=O)(=O)c3ccc(Cl)cc3)c(Br)c2)cc1OCC. The molecule has 12 heteroatoms. The van der Waals surface area contributed by atoms with E-state index in [2.05, 4.69) is 49.0 Å². The highest BCUT2D eigenvalue weighted by Crippen LogP contribution is 2.36. The van der Waals surface area contributed by atoms with Crippen LogP contribution in [0.4, 0.5) is 0 Å². The number of halogens is 3. The Labute approximate surface area is 236 Å². The van der Waals surface area contributed by atoms with E-state index in [1.165, 1.54) is 30.5 Å². The van der Waals surface area contributed by atoms with Gasteiger partial charge in [0.1, 0.15) is 11.5 Å². The molecule has 0 heterocycles. The van der Waals surface area contributed by atoms with Crippen molar-refractivity contribution in [2.45, 2.75) is 11.8 Å². The fourth-order valence-electron chi connectivity index (χ4n) is 2.91. The molecule has 0 aliphatic rings. The summed E-state index contributed by atoms with van der Waals surface area (Å²) in [7, 11) is -4.10. The zero-order valence-electron chi connectivity index (χ0n) is 19.4. The van der Waals surface area contributed by atoms with Crippen LogP contribution in [0.25, 0.3) is 0 Å². The molecule has 0 saturated heterocycles. The van der Waals surface area contributed by atoms with Crippen molar-refractivity contribution < 1.29 is 26.9 Å². The van der Waals surface area contributed by atoms with Gasteiger partial charge >= 0.3 is 10.1 Å². The highest BCUT2D eigenvalue weighted by Gasteiger charge is 2.20. The summed E-state index contributed by atoms with van der Waals surface area (Å²) in [6.07, 6.45) is 3.01. The largest absolute Gasteiger partial charge is 0.490 e. The summed E-state index contributed by atoms with van der Waals surface area (Å²) < 4.78 is 42.3. The summed E-state index contributed by atoms with van der Waals surface area (Å²) in [6, 6.07) is 13.6. The Kier molecular flexibility index (Phi) is 10.2. The Morgan fingerprint density at radius 3 is 2.35 bits per heavy atom. The van der Waals surface area contributed by atoms with Crippen LogP contribution in [-0.4, -0.2) is 33.8 Å². The maximum atomic E-state index is 12.6. The molecular formula is C25H21Br2ClN2O6S. The van der Waals surface area contributed by atoms with E-state index < -0.39 is 16.0 Å². The van der Waals surface area contributed by atoms with Crippen molar-refractivity contribution >= 4 is 65.7 Å². The molecule has 3 aromatic carbocycles. The van der Waals surface area contributed by atoms with Crippen molar-refractivity contribution in [2.75, 3.05) is 13.2 Å². The lowest BCUT2D eigenvalue weighted by molar-refractivity contribution is 0.0954. The lowest BCUT2D eigenvalue weighted by Crippen LogP contribution is -2.17. The van der Waals surface area contributed by atoms with Gasteiger partial charge in [-0.25, -0.2) is 5.43 Å². The van der Waals surface area contributed by atoms with Crippen LogP contribution in [0, 0.1) is 0 Å². The monoisotopic (exact) mass is 670 g/mol. The predicted octanol–water partition coefficient (Wildman–Crippen LogP) is 6.36. The molecule has 0 bridgehead atoms. The van der Waals surface area contributed by atoms with Gasteiger partial charge < -0.3 is 13.7 Å². The minimum absolute atomic E-state index is 0.0446. The van der Waals surface area contributed by atoms with Gasteiger partial charge in [0, 0.05) is 10.6 Å². The van der Waals surface area contributed by atoms with Crippen molar-refractivity contribution in [3.8, 4) is 17.2 Å². The average Bonchev–Trinajstić information content (AvgIpc) is 2.86. The van der Waals surface area contributed by atoms with E-state index >= 15 is 0 Å². The maximum absolute atomic E-state index is 12.6. The van der Waals surface area contributed by atoms with Crippen LogP contribution in [0.15, 0.2) is 86.2 Å². The summed E-state index contributed by atoms with van der Waals surface area (Å²) in [5.74, 6) is 0.521. The highest BCUT2D eigenvalue weighted by atomic mass is 79.9. The van der Waals surface area contributed by atoms with Crippen molar-refractivity contribution in [1.82, 2.24) is 5.43 Å². The van der Waals surface area contributed by atoms with Crippen LogP contribution >= 0.6 is 43.5 Å². The van der Waals surface area contributed by atoms with E-state index in [1.54, 1.807) is 36.4 Å². The molecule has 3 rings (SSSR count). The number of nitrogens with zero attached hydrogens (tertiary/aromatic N) is 1. The van der Waals surface area contributed by atoms with E-state index in [0.717, 1.165) is 0 Å². The van der Waals surface area contributed by atoms with E-state index in [1.807, 2.05) is 6.92 Å². The molecule has 0 atom stereocenters. The van der Waals surface area contributed by atoms with Gasteiger partial charge in [-0.2, -0.15) is 13.5 Å². The molecule has 1 N–H and O–H groups in total. The minimum atomic E-state index is -4.10. The predicted molar refractivity (Wildman–Crippen MR) is 149 cm³/mol. The highest BCUT2D eigenvalue weighted by molar-refractivity contribution is 9.11. The number of carbonyl (C=O) groups excluding carboxylic acids is 1. The standard InChI is InChI=1S/C25H21Br2ClN2O6S/c1-3-11-35-22-10-5-17(14-23(22)34-4-2)25(31)30-29-15-16-12-20(26)24(21(27)13-16)36-37(32,33)19-8-6-18(28)7-9-19/h3,5-10,12-15H,1,4,11H2,2H3,(H,30,31)/b29-15+. The molecule has 0 radical (unpaired) electrons. The zero-order valence-corrected chi connectivity index (χ0v) is 24.2. The number of rotatable bonds is 11. The molecule has 0 aliphatic carbocycles. The first-order valence-electron chi connectivity index (χ1n) is 10.7. The minimum Gasteiger partial charge on any atom is -0.490 e. The maximum Gasteiger partial charge on any atom is 0.339 e. The van der Waals surface area contributed by atoms with Crippen LogP contribution in [0.2, 0.25) is 5.02 Å². The Balaban J connectivity index is 1.72. The second kappa shape index (κ2) is 13.1. The second-order valence-electron chi connectivity index (χ2n) is 7.20. The van der Waals surface area contributed by atoms with Gasteiger partial charge in [0.05, 0.1) is 21.8 Å². The van der Waals surface area contributed by atoms with E-state index in [-0.39, 0.29) is 10.6 Å². The fraction of sp³-hybridized carbons (Fsp3) is 0.120. The molecule has 1 amide bonds. The van der Waals surface area contributed by atoms with Crippen LogP contribution in [0.3, 0.4) is 0 Å². The summed E-state index contributed by atoms with van der Waals surface area (Å²) in [4.78, 5) is 12.5. The molecule has 0 aromatic heterocycles. The Bertz CT molecular complexity index is 1410. The summed E-state index contributed by atoms with van der Waals surface area (Å²) in [5, 5.41) is 4.39. The van der Waals surface area contributed by atoms with Gasteiger partial charge in [-0.05, 0) is 98.9 Å². The lowest BCUT2D eigenvalue weighted by Gasteiger charge is -2.12. The molecule has 8 nitrogen and oxygen atoms in total. The normalized spacial score (nSPS) is 11.2. The molecule has 37 heavy (non-hydrogen) atoms. The van der Waals surface area contributed by atoms with Gasteiger partial charge in [0.15, 0.2) is 17.2 Å². The number of benzene rings is 3. The third-order valence-corrected chi connectivity index (χ3v) is 7.22. The number of hydrazone groups is 1. The van der Waals surface area contributed by atoms with Crippen LogP contribution in [0.5, 0.6) is 17.2 Å². The number of amides is 1. The van der Waals surface area contributed by atoms with Crippen molar-refractivity contribution in [1.29, 1.82) is 0 Å². The zero-order chi connectivity index (χ0) is 27.0. The summed E-state index contributed by atoms with van der Waals surface area (Å²) in [5.41, 5.74) is 3.32. The number of nitrogens with one attached hydrogen (secondary N) is 1. The average molecular weight is 673 g/mol. The molecule has 0 unspecified atom stereocenters. The van der Waals surface area contributed by atoms with Gasteiger partial charge in [-0.15, -0.1) is 0 Å². The number of carbonyl (C=O) groups is 1. The van der Waals surface area contributed by atoms with Gasteiger partial charge in [-0.1, -0.05) is 24.3 Å². The number of hydrogen-bond acceptors (Lipinski definition) is 7.